The predicted octanol–water partition coefficient (Wildman–Crippen LogP) is 8.55. The van der Waals surface area contributed by atoms with Crippen LogP contribution < -0.4 is 0 Å². The summed E-state index contributed by atoms with van der Waals surface area (Å²) in [5.74, 6) is 0.669. The van der Waals surface area contributed by atoms with E-state index in [9.17, 15) is 13.2 Å². The molecule has 0 radical (unpaired) electrons. The second kappa shape index (κ2) is 9.88. The maximum absolute atomic E-state index is 14.5. The van der Waals surface area contributed by atoms with E-state index in [1.165, 1.54) is 6.42 Å². The Morgan fingerprint density at radius 3 is 1.62 bits per heavy atom. The predicted molar refractivity (Wildman–Crippen MR) is 139 cm³/mol. The molecule has 0 spiro atoms. The van der Waals surface area contributed by atoms with E-state index >= 15 is 0 Å². The number of rotatable bonds is 4. The lowest BCUT2D eigenvalue weighted by molar-refractivity contribution is -0.226. The van der Waals surface area contributed by atoms with Crippen LogP contribution in [-0.2, 0) is 0 Å². The average molecular weight is 489 g/mol. The zero-order valence-corrected chi connectivity index (χ0v) is 24.4. The second-order valence-electron chi connectivity index (χ2n) is 15.2. The standard InChI is InChI=1S/C29H55F3N2/c1-13-28(11,12)33-15-14-20(25(2,3)4)16-22(33)19-23-17-21(26(5,6)7)18-24(29(30,31)32)34(23)27(8,9)10/h20-24H,13-19H2,1-12H3. The maximum atomic E-state index is 14.5. The van der Waals surface area contributed by atoms with Crippen molar-refractivity contribution in [3.63, 3.8) is 0 Å². The number of nitrogens with zero attached hydrogens (tertiary/aromatic N) is 2. The Labute approximate surface area is 209 Å². The van der Waals surface area contributed by atoms with Crippen LogP contribution in [0.2, 0.25) is 0 Å². The number of piperidine rings is 2. The third-order valence-electron chi connectivity index (χ3n) is 9.30. The zero-order valence-electron chi connectivity index (χ0n) is 24.4. The van der Waals surface area contributed by atoms with Gasteiger partial charge in [-0.1, -0.05) is 48.5 Å². The Hall–Kier alpha value is -0.290. The van der Waals surface area contributed by atoms with Crippen LogP contribution in [0, 0.1) is 22.7 Å². The molecular formula is C29H55F3N2. The molecule has 0 saturated carbocycles. The zero-order chi connectivity index (χ0) is 26.5. The highest BCUT2D eigenvalue weighted by Crippen LogP contribution is 2.49. The molecule has 5 heteroatoms. The highest BCUT2D eigenvalue weighted by atomic mass is 19.4. The number of likely N-dealkylation sites (tertiary alicyclic amines) is 2. The molecule has 0 N–H and O–H groups in total. The van der Waals surface area contributed by atoms with Gasteiger partial charge in [0.15, 0.2) is 0 Å². The number of hydrogen-bond donors (Lipinski definition) is 0. The molecule has 2 nitrogen and oxygen atoms in total. The van der Waals surface area contributed by atoms with Crippen LogP contribution in [-0.4, -0.2) is 51.7 Å². The van der Waals surface area contributed by atoms with Gasteiger partial charge in [0.05, 0.1) is 0 Å². The minimum Gasteiger partial charge on any atom is -0.295 e. The van der Waals surface area contributed by atoms with Gasteiger partial charge in [-0.05, 0) is 102 Å². The molecule has 2 aliphatic heterocycles. The van der Waals surface area contributed by atoms with Crippen LogP contribution in [0.25, 0.3) is 0 Å². The largest absolute Gasteiger partial charge is 0.404 e. The SMILES string of the molecule is CCC(C)(C)N1CCC(C(C)(C)C)CC1CC1CC(C(C)(C)C)CC(C(F)(F)F)N1C(C)(C)C. The molecule has 5 unspecified atom stereocenters. The lowest BCUT2D eigenvalue weighted by atomic mass is 9.67. The number of halogens is 3. The van der Waals surface area contributed by atoms with Crippen molar-refractivity contribution in [1.29, 1.82) is 0 Å². The first-order valence-corrected chi connectivity index (χ1v) is 13.7. The number of alkyl halides is 3. The summed E-state index contributed by atoms with van der Waals surface area (Å²) < 4.78 is 43.6. The molecule has 34 heavy (non-hydrogen) atoms. The molecule has 2 aliphatic rings. The van der Waals surface area contributed by atoms with Crippen molar-refractivity contribution in [3.8, 4) is 0 Å². The third kappa shape index (κ3) is 6.93. The van der Waals surface area contributed by atoms with Crippen molar-refractivity contribution >= 4 is 0 Å². The average Bonchev–Trinajstić information content (AvgIpc) is 2.64. The van der Waals surface area contributed by atoms with Crippen LogP contribution in [0.1, 0.15) is 122 Å². The van der Waals surface area contributed by atoms with E-state index in [2.05, 4.69) is 67.2 Å². The summed E-state index contributed by atoms with van der Waals surface area (Å²) in [7, 11) is 0. The van der Waals surface area contributed by atoms with Gasteiger partial charge in [0.25, 0.3) is 0 Å². The first kappa shape index (κ1) is 29.9. The van der Waals surface area contributed by atoms with Gasteiger partial charge in [-0.25, -0.2) is 0 Å². The lowest BCUT2D eigenvalue weighted by Gasteiger charge is -2.57. The summed E-state index contributed by atoms with van der Waals surface area (Å²) >= 11 is 0. The minimum absolute atomic E-state index is 0.0572. The molecule has 0 aliphatic carbocycles. The van der Waals surface area contributed by atoms with E-state index in [4.69, 9.17) is 0 Å². The molecule has 0 bridgehead atoms. The molecule has 2 fully saturated rings. The smallest absolute Gasteiger partial charge is 0.295 e. The van der Waals surface area contributed by atoms with Gasteiger partial charge in [-0.15, -0.1) is 0 Å². The van der Waals surface area contributed by atoms with Crippen LogP contribution in [0.3, 0.4) is 0 Å². The monoisotopic (exact) mass is 488 g/mol. The van der Waals surface area contributed by atoms with Gasteiger partial charge in [0, 0.05) is 23.2 Å². The van der Waals surface area contributed by atoms with Crippen LogP contribution in [0.5, 0.6) is 0 Å². The Kier molecular flexibility index (Phi) is 8.70. The Balaban J connectivity index is 2.50. The molecule has 0 aromatic heterocycles. The molecule has 202 valence electrons. The van der Waals surface area contributed by atoms with Crippen molar-refractivity contribution < 1.29 is 13.2 Å². The summed E-state index contributed by atoms with van der Waals surface area (Å²) in [6.07, 6.45) is 0.980. The topological polar surface area (TPSA) is 6.48 Å². The van der Waals surface area contributed by atoms with E-state index in [1.54, 1.807) is 0 Å². The first-order chi connectivity index (χ1) is 15.1. The normalized spacial score (nSPS) is 31.7. The van der Waals surface area contributed by atoms with Crippen molar-refractivity contribution in [2.75, 3.05) is 6.54 Å². The fourth-order valence-corrected chi connectivity index (χ4v) is 6.77. The summed E-state index contributed by atoms with van der Waals surface area (Å²) in [6.45, 7) is 27.2. The molecule has 0 amide bonds. The van der Waals surface area contributed by atoms with Crippen LogP contribution in [0.15, 0.2) is 0 Å². The fourth-order valence-electron chi connectivity index (χ4n) is 6.77. The van der Waals surface area contributed by atoms with Gasteiger partial charge in [0.2, 0.25) is 0 Å². The number of hydrogen-bond acceptors (Lipinski definition) is 2. The van der Waals surface area contributed by atoms with E-state index in [1.807, 2.05) is 25.7 Å². The van der Waals surface area contributed by atoms with Gasteiger partial charge in [0.1, 0.15) is 6.04 Å². The summed E-state index contributed by atoms with van der Waals surface area (Å²) in [5, 5.41) is 0. The van der Waals surface area contributed by atoms with Crippen molar-refractivity contribution in [1.82, 2.24) is 9.80 Å². The third-order valence-corrected chi connectivity index (χ3v) is 9.30. The van der Waals surface area contributed by atoms with Crippen molar-refractivity contribution in [2.45, 2.75) is 157 Å². The summed E-state index contributed by atoms with van der Waals surface area (Å²) in [5.41, 5.74) is -0.382. The summed E-state index contributed by atoms with van der Waals surface area (Å²) in [4.78, 5) is 4.52. The molecule has 2 rings (SSSR count). The van der Waals surface area contributed by atoms with E-state index in [-0.39, 0.29) is 34.7 Å². The molecule has 2 heterocycles. The fraction of sp³-hybridized carbons (Fsp3) is 1.00. The molecule has 0 aromatic carbocycles. The van der Waals surface area contributed by atoms with Gasteiger partial charge < -0.3 is 0 Å². The van der Waals surface area contributed by atoms with E-state index < -0.39 is 17.8 Å². The van der Waals surface area contributed by atoms with Crippen LogP contribution >= 0.6 is 0 Å². The van der Waals surface area contributed by atoms with Crippen molar-refractivity contribution in [2.24, 2.45) is 22.7 Å². The highest BCUT2D eigenvalue weighted by Gasteiger charge is 2.55. The Morgan fingerprint density at radius 1 is 0.706 bits per heavy atom. The lowest BCUT2D eigenvalue weighted by Crippen LogP contribution is -2.65. The van der Waals surface area contributed by atoms with Gasteiger partial charge in [-0.2, -0.15) is 13.2 Å². The van der Waals surface area contributed by atoms with Crippen molar-refractivity contribution in [3.05, 3.63) is 0 Å². The maximum Gasteiger partial charge on any atom is 0.404 e. The Bertz CT molecular complexity index is 663. The summed E-state index contributed by atoms with van der Waals surface area (Å²) in [6, 6.07) is -1.12. The second-order valence-corrected chi connectivity index (χ2v) is 15.2. The molecule has 0 aromatic rings. The van der Waals surface area contributed by atoms with E-state index in [0.29, 0.717) is 12.0 Å². The van der Waals surface area contributed by atoms with E-state index in [0.717, 1.165) is 32.2 Å². The Morgan fingerprint density at radius 2 is 1.21 bits per heavy atom. The quantitative estimate of drug-likeness (QED) is 0.391. The van der Waals surface area contributed by atoms with Crippen LogP contribution in [0.4, 0.5) is 13.2 Å². The minimum atomic E-state index is -4.21. The molecular weight excluding hydrogens is 433 g/mol. The highest BCUT2D eigenvalue weighted by molar-refractivity contribution is 5.03. The molecule has 5 atom stereocenters. The van der Waals surface area contributed by atoms with Gasteiger partial charge >= 0.3 is 6.18 Å². The molecule has 2 saturated heterocycles. The first-order valence-electron chi connectivity index (χ1n) is 13.7. The van der Waals surface area contributed by atoms with Gasteiger partial charge in [-0.3, -0.25) is 9.80 Å².